The van der Waals surface area contributed by atoms with Crippen LogP contribution in [0.2, 0.25) is 5.02 Å². The molecular weight excluding hydrogens is 287 g/mol. The molecule has 0 amide bonds. The molecule has 0 aliphatic rings. The summed E-state index contributed by atoms with van der Waals surface area (Å²) < 4.78 is 14.1. The molecule has 0 aliphatic carbocycles. The maximum Gasteiger partial charge on any atom is 0.127 e. The molecule has 0 aromatic heterocycles. The number of likely N-dealkylation sites (N-methyl/N-ethyl adjacent to an activating group) is 2. The topological polar surface area (TPSA) is 15.3 Å². The summed E-state index contributed by atoms with van der Waals surface area (Å²) in [4.78, 5) is 2.45. The Bertz CT molecular complexity index is 448. The van der Waals surface area contributed by atoms with Crippen molar-refractivity contribution in [3.05, 3.63) is 34.6 Å². The summed E-state index contributed by atoms with van der Waals surface area (Å²) in [6, 6.07) is 5.12. The van der Waals surface area contributed by atoms with Gasteiger partial charge in [0.05, 0.1) is 0 Å². The van der Waals surface area contributed by atoms with E-state index in [2.05, 4.69) is 37.9 Å². The van der Waals surface area contributed by atoms with Crippen molar-refractivity contribution in [2.45, 2.75) is 52.1 Å². The minimum absolute atomic E-state index is 0.00960. The van der Waals surface area contributed by atoms with Gasteiger partial charge in [-0.1, -0.05) is 38.4 Å². The average Bonchev–Trinajstić information content (AvgIpc) is 2.47. The van der Waals surface area contributed by atoms with Crippen molar-refractivity contribution in [2.24, 2.45) is 0 Å². The Kier molecular flexibility index (Phi) is 7.11. The quantitative estimate of drug-likeness (QED) is 0.776. The Morgan fingerprint density at radius 3 is 2.33 bits per heavy atom. The summed E-state index contributed by atoms with van der Waals surface area (Å²) >= 11 is 5.84. The van der Waals surface area contributed by atoms with Crippen molar-refractivity contribution in [2.75, 3.05) is 20.1 Å². The minimum Gasteiger partial charge on any atom is -0.315 e. The van der Waals surface area contributed by atoms with Crippen LogP contribution in [0.15, 0.2) is 18.2 Å². The molecule has 21 heavy (non-hydrogen) atoms. The lowest BCUT2D eigenvalue weighted by Gasteiger charge is -2.46. The van der Waals surface area contributed by atoms with E-state index in [0.717, 1.165) is 19.5 Å². The largest absolute Gasteiger partial charge is 0.315 e. The zero-order valence-corrected chi connectivity index (χ0v) is 14.6. The van der Waals surface area contributed by atoms with Gasteiger partial charge in [-0.05, 0) is 57.6 Å². The molecule has 4 heteroatoms. The van der Waals surface area contributed by atoms with Gasteiger partial charge < -0.3 is 5.32 Å². The van der Waals surface area contributed by atoms with Gasteiger partial charge in [-0.3, -0.25) is 4.90 Å². The zero-order chi connectivity index (χ0) is 16.0. The number of nitrogens with one attached hydrogen (secondary N) is 1. The predicted molar refractivity (Wildman–Crippen MR) is 89.6 cm³/mol. The van der Waals surface area contributed by atoms with Gasteiger partial charge in [0.15, 0.2) is 0 Å². The van der Waals surface area contributed by atoms with Crippen LogP contribution in [0.5, 0.6) is 0 Å². The van der Waals surface area contributed by atoms with E-state index >= 15 is 0 Å². The smallest absolute Gasteiger partial charge is 0.127 e. The van der Waals surface area contributed by atoms with E-state index in [1.54, 1.807) is 12.1 Å². The summed E-state index contributed by atoms with van der Waals surface area (Å²) in [5, 5.41) is 3.84. The van der Waals surface area contributed by atoms with Crippen LogP contribution in [-0.4, -0.2) is 36.6 Å². The molecule has 1 rings (SSSR count). The van der Waals surface area contributed by atoms with Crippen LogP contribution < -0.4 is 5.32 Å². The van der Waals surface area contributed by atoms with Crippen molar-refractivity contribution in [3.8, 4) is 0 Å². The standard InChI is InChI=1S/C17H28ClFN2/c1-6-17(4,21(7-2)8-3)16(20-5)11-13-9-10-14(18)12-15(13)19/h9-10,12,16,20H,6-8,11H2,1-5H3. The van der Waals surface area contributed by atoms with E-state index in [-0.39, 0.29) is 17.4 Å². The summed E-state index contributed by atoms with van der Waals surface area (Å²) in [6.07, 6.45) is 1.66. The first kappa shape index (κ1) is 18.4. The average molecular weight is 315 g/mol. The second-order valence-corrected chi connectivity index (χ2v) is 6.10. The molecule has 0 radical (unpaired) electrons. The summed E-state index contributed by atoms with van der Waals surface area (Å²) in [5.74, 6) is -0.222. The van der Waals surface area contributed by atoms with Crippen molar-refractivity contribution in [1.29, 1.82) is 0 Å². The third-order valence-electron chi connectivity index (χ3n) is 4.74. The summed E-state index contributed by atoms with van der Waals surface area (Å²) in [7, 11) is 1.95. The fraction of sp³-hybridized carbons (Fsp3) is 0.647. The monoisotopic (exact) mass is 314 g/mol. The molecule has 1 aromatic rings. The Morgan fingerprint density at radius 1 is 1.29 bits per heavy atom. The lowest BCUT2D eigenvalue weighted by Crippen LogP contribution is -2.59. The number of rotatable bonds is 8. The Morgan fingerprint density at radius 2 is 1.90 bits per heavy atom. The Labute approximate surface area is 133 Å². The fourth-order valence-corrected chi connectivity index (χ4v) is 3.34. The number of hydrogen-bond acceptors (Lipinski definition) is 2. The highest BCUT2D eigenvalue weighted by Crippen LogP contribution is 2.27. The van der Waals surface area contributed by atoms with Gasteiger partial charge in [0, 0.05) is 16.6 Å². The van der Waals surface area contributed by atoms with Crippen molar-refractivity contribution >= 4 is 11.6 Å². The van der Waals surface area contributed by atoms with E-state index in [4.69, 9.17) is 11.6 Å². The van der Waals surface area contributed by atoms with Crippen LogP contribution in [-0.2, 0) is 6.42 Å². The zero-order valence-electron chi connectivity index (χ0n) is 13.8. The van der Waals surface area contributed by atoms with Crippen LogP contribution in [0.4, 0.5) is 4.39 Å². The second kappa shape index (κ2) is 8.11. The number of benzene rings is 1. The number of halogens is 2. The van der Waals surface area contributed by atoms with E-state index in [1.807, 2.05) is 7.05 Å². The molecule has 0 saturated carbocycles. The highest BCUT2D eigenvalue weighted by atomic mass is 35.5. The molecule has 1 aromatic carbocycles. The van der Waals surface area contributed by atoms with Crippen LogP contribution >= 0.6 is 11.6 Å². The molecule has 1 N–H and O–H groups in total. The molecule has 120 valence electrons. The Balaban J connectivity index is 3.04. The molecular formula is C17H28ClFN2. The summed E-state index contributed by atoms with van der Waals surface area (Å²) in [6.45, 7) is 10.8. The molecule has 2 unspecified atom stereocenters. The maximum absolute atomic E-state index is 14.1. The van der Waals surface area contributed by atoms with E-state index in [0.29, 0.717) is 17.0 Å². The fourth-order valence-electron chi connectivity index (χ4n) is 3.18. The molecule has 2 nitrogen and oxygen atoms in total. The minimum atomic E-state index is -0.222. The van der Waals surface area contributed by atoms with E-state index < -0.39 is 0 Å². The van der Waals surface area contributed by atoms with Gasteiger partial charge in [0.2, 0.25) is 0 Å². The number of nitrogens with zero attached hydrogens (tertiary/aromatic N) is 1. The van der Waals surface area contributed by atoms with Gasteiger partial charge >= 0.3 is 0 Å². The third-order valence-corrected chi connectivity index (χ3v) is 4.98. The summed E-state index contributed by atoms with van der Waals surface area (Å²) in [5.41, 5.74) is 0.704. The highest BCUT2D eigenvalue weighted by Gasteiger charge is 2.36. The molecule has 0 aliphatic heterocycles. The molecule has 2 atom stereocenters. The maximum atomic E-state index is 14.1. The molecule has 0 bridgehead atoms. The lowest BCUT2D eigenvalue weighted by atomic mass is 9.83. The van der Waals surface area contributed by atoms with Crippen molar-refractivity contribution in [1.82, 2.24) is 10.2 Å². The first-order chi connectivity index (χ1) is 9.92. The molecule has 0 fully saturated rings. The van der Waals surface area contributed by atoms with Gasteiger partial charge in [-0.2, -0.15) is 0 Å². The van der Waals surface area contributed by atoms with Crippen molar-refractivity contribution in [3.63, 3.8) is 0 Å². The SMILES string of the molecule is CCN(CC)C(C)(CC)C(Cc1ccc(Cl)cc1F)NC. The highest BCUT2D eigenvalue weighted by molar-refractivity contribution is 6.30. The van der Waals surface area contributed by atoms with Gasteiger partial charge in [-0.25, -0.2) is 4.39 Å². The van der Waals surface area contributed by atoms with Crippen LogP contribution in [0, 0.1) is 5.82 Å². The lowest BCUT2D eigenvalue weighted by molar-refractivity contribution is 0.0727. The number of hydrogen-bond donors (Lipinski definition) is 1. The van der Waals surface area contributed by atoms with Gasteiger partial charge in [0.25, 0.3) is 0 Å². The van der Waals surface area contributed by atoms with Crippen LogP contribution in [0.3, 0.4) is 0 Å². The van der Waals surface area contributed by atoms with Gasteiger partial charge in [0.1, 0.15) is 5.82 Å². The normalized spacial score (nSPS) is 16.0. The van der Waals surface area contributed by atoms with Crippen LogP contribution in [0.1, 0.15) is 39.7 Å². The first-order valence-corrected chi connectivity index (χ1v) is 8.16. The first-order valence-electron chi connectivity index (χ1n) is 7.79. The predicted octanol–water partition coefficient (Wildman–Crippen LogP) is 4.12. The molecule has 0 spiro atoms. The second-order valence-electron chi connectivity index (χ2n) is 5.66. The van der Waals surface area contributed by atoms with E-state index in [1.165, 1.54) is 6.07 Å². The van der Waals surface area contributed by atoms with E-state index in [9.17, 15) is 4.39 Å². The third kappa shape index (κ3) is 4.18. The Hall–Kier alpha value is -0.640. The van der Waals surface area contributed by atoms with Crippen LogP contribution in [0.25, 0.3) is 0 Å². The van der Waals surface area contributed by atoms with Gasteiger partial charge in [-0.15, -0.1) is 0 Å². The molecule has 0 heterocycles. The van der Waals surface area contributed by atoms with Crippen molar-refractivity contribution < 1.29 is 4.39 Å². The molecule has 0 saturated heterocycles.